The quantitative estimate of drug-likeness (QED) is 0.623. The number of furan rings is 1. The van der Waals surface area contributed by atoms with Crippen molar-refractivity contribution in [2.24, 2.45) is 17.8 Å². The number of aromatic nitrogens is 3. The Kier molecular flexibility index (Phi) is 5.99. The zero-order valence-electron chi connectivity index (χ0n) is 18.5. The van der Waals surface area contributed by atoms with E-state index in [0.29, 0.717) is 12.5 Å². The lowest BCUT2D eigenvalue weighted by Crippen LogP contribution is -2.43. The van der Waals surface area contributed by atoms with Gasteiger partial charge in [0.1, 0.15) is 5.76 Å². The number of nitrogens with zero attached hydrogens (tertiary/aromatic N) is 4. The molecule has 168 valence electrons. The van der Waals surface area contributed by atoms with E-state index >= 15 is 0 Å². The summed E-state index contributed by atoms with van der Waals surface area (Å²) in [7, 11) is 0. The third-order valence-corrected chi connectivity index (χ3v) is 8.52. The summed E-state index contributed by atoms with van der Waals surface area (Å²) in [4.78, 5) is 15.3. The van der Waals surface area contributed by atoms with Crippen molar-refractivity contribution in [1.82, 2.24) is 20.1 Å². The molecule has 0 radical (unpaired) electrons. The molecule has 1 N–H and O–H groups in total. The zero-order valence-corrected chi connectivity index (χ0v) is 19.3. The summed E-state index contributed by atoms with van der Waals surface area (Å²) in [5.74, 6) is 4.18. The van der Waals surface area contributed by atoms with Crippen LogP contribution in [0, 0.1) is 17.8 Å². The van der Waals surface area contributed by atoms with Gasteiger partial charge in [-0.25, -0.2) is 0 Å². The van der Waals surface area contributed by atoms with E-state index in [-0.39, 0.29) is 17.2 Å². The maximum Gasteiger partial charge on any atom is 0.233 e. The summed E-state index contributed by atoms with van der Waals surface area (Å²) >= 11 is 1.49. The van der Waals surface area contributed by atoms with Crippen molar-refractivity contribution in [1.29, 1.82) is 0 Å². The third kappa shape index (κ3) is 4.36. The van der Waals surface area contributed by atoms with Crippen molar-refractivity contribution in [3.8, 4) is 0 Å². The first kappa shape index (κ1) is 20.9. The Labute approximate surface area is 188 Å². The minimum Gasteiger partial charge on any atom is -0.467 e. The fourth-order valence-electron chi connectivity index (χ4n) is 5.78. The molecular formula is C23H33N5O2S. The average molecular weight is 444 g/mol. The Morgan fingerprint density at radius 1 is 1.26 bits per heavy atom. The first-order chi connectivity index (χ1) is 15.1. The van der Waals surface area contributed by atoms with E-state index in [4.69, 9.17) is 4.42 Å². The molecule has 2 aromatic heterocycles. The van der Waals surface area contributed by atoms with Crippen LogP contribution >= 0.6 is 11.8 Å². The lowest BCUT2D eigenvalue weighted by Gasteiger charge is -2.29. The SMILES string of the molecule is C[C@H](Sc1nnc(N2CCCC2)n1Cc1ccco1)C(=O)N[C@H](C)[C@@H]1C[C@H]2CC[C@H]1C2. The van der Waals surface area contributed by atoms with Gasteiger partial charge in [-0.05, 0) is 75.8 Å². The van der Waals surface area contributed by atoms with Gasteiger partial charge in [-0.1, -0.05) is 18.2 Å². The van der Waals surface area contributed by atoms with Gasteiger partial charge in [0.25, 0.3) is 0 Å². The minimum atomic E-state index is -0.230. The van der Waals surface area contributed by atoms with E-state index < -0.39 is 0 Å². The van der Waals surface area contributed by atoms with Crippen molar-refractivity contribution in [3.63, 3.8) is 0 Å². The van der Waals surface area contributed by atoms with Crippen LogP contribution in [-0.4, -0.2) is 45.1 Å². The smallest absolute Gasteiger partial charge is 0.233 e. The number of fused-ring (bicyclic) bond motifs is 2. The van der Waals surface area contributed by atoms with Crippen LogP contribution in [0.15, 0.2) is 28.0 Å². The van der Waals surface area contributed by atoms with Crippen LogP contribution in [0.4, 0.5) is 5.95 Å². The summed E-state index contributed by atoms with van der Waals surface area (Å²) in [5.41, 5.74) is 0. The molecule has 0 aromatic carbocycles. The lowest BCUT2D eigenvalue weighted by atomic mass is 9.84. The minimum absolute atomic E-state index is 0.0931. The Morgan fingerprint density at radius 2 is 2.10 bits per heavy atom. The van der Waals surface area contributed by atoms with Crippen molar-refractivity contribution in [3.05, 3.63) is 24.2 Å². The van der Waals surface area contributed by atoms with Gasteiger partial charge in [0.05, 0.1) is 18.1 Å². The first-order valence-electron chi connectivity index (χ1n) is 11.8. The highest BCUT2D eigenvalue weighted by molar-refractivity contribution is 8.00. The number of anilines is 1. The molecular weight excluding hydrogens is 410 g/mol. The van der Waals surface area contributed by atoms with E-state index in [1.807, 2.05) is 19.1 Å². The van der Waals surface area contributed by atoms with E-state index in [1.54, 1.807) is 6.26 Å². The van der Waals surface area contributed by atoms with Gasteiger partial charge in [0, 0.05) is 19.1 Å². The molecule has 2 saturated carbocycles. The lowest BCUT2D eigenvalue weighted by molar-refractivity contribution is -0.121. The monoisotopic (exact) mass is 443 g/mol. The molecule has 3 fully saturated rings. The van der Waals surface area contributed by atoms with Gasteiger partial charge in [0.15, 0.2) is 5.16 Å². The predicted molar refractivity (Wildman–Crippen MR) is 121 cm³/mol. The van der Waals surface area contributed by atoms with Gasteiger partial charge < -0.3 is 14.6 Å². The number of hydrogen-bond acceptors (Lipinski definition) is 6. The number of rotatable bonds is 8. The number of carbonyl (C=O) groups excluding carboxylic acids is 1. The van der Waals surface area contributed by atoms with Gasteiger partial charge in [-0.15, -0.1) is 10.2 Å². The van der Waals surface area contributed by atoms with Gasteiger partial charge >= 0.3 is 0 Å². The van der Waals surface area contributed by atoms with Crippen LogP contribution in [0.25, 0.3) is 0 Å². The molecule has 1 aliphatic heterocycles. The predicted octanol–water partition coefficient (Wildman–Crippen LogP) is 3.94. The van der Waals surface area contributed by atoms with Crippen LogP contribution in [0.3, 0.4) is 0 Å². The molecule has 0 spiro atoms. The highest BCUT2D eigenvalue weighted by atomic mass is 32.2. The molecule has 2 aromatic rings. The van der Waals surface area contributed by atoms with Crippen LogP contribution in [0.1, 0.15) is 58.1 Å². The van der Waals surface area contributed by atoms with Crippen molar-refractivity contribution in [2.45, 2.75) is 75.4 Å². The van der Waals surface area contributed by atoms with Gasteiger partial charge in [-0.2, -0.15) is 0 Å². The van der Waals surface area contributed by atoms with Crippen LogP contribution in [-0.2, 0) is 11.3 Å². The second-order valence-electron chi connectivity index (χ2n) is 9.54. The normalized spacial score (nSPS) is 27.0. The fourth-order valence-corrected chi connectivity index (χ4v) is 6.64. The summed E-state index contributed by atoms with van der Waals surface area (Å²) in [6.07, 6.45) is 9.42. The number of carbonyl (C=O) groups is 1. The average Bonchev–Trinajstić information content (AvgIpc) is 3.57. The molecule has 1 saturated heterocycles. The van der Waals surface area contributed by atoms with E-state index in [0.717, 1.165) is 41.8 Å². The maximum atomic E-state index is 13.0. The molecule has 7 nitrogen and oxygen atoms in total. The molecule has 3 aliphatic rings. The van der Waals surface area contributed by atoms with Gasteiger partial charge in [-0.3, -0.25) is 9.36 Å². The highest BCUT2D eigenvalue weighted by Gasteiger charge is 2.42. The van der Waals surface area contributed by atoms with Crippen LogP contribution < -0.4 is 10.2 Å². The third-order valence-electron chi connectivity index (χ3n) is 7.44. The Bertz CT molecular complexity index is 892. The largest absolute Gasteiger partial charge is 0.467 e. The standard InChI is InChI=1S/C23H33N5O2S/c1-15(20-13-17-7-8-18(20)12-17)24-21(29)16(2)31-23-26-25-22(27-9-3-4-10-27)28(23)14-19-6-5-11-30-19/h5-6,11,15-18,20H,3-4,7-10,12-14H2,1-2H3,(H,24,29)/t15-,16+,17+,18+,20+/m1/s1. The number of amides is 1. The second-order valence-corrected chi connectivity index (χ2v) is 10.8. The summed E-state index contributed by atoms with van der Waals surface area (Å²) in [5, 5.41) is 12.8. The van der Waals surface area contributed by atoms with E-state index in [2.05, 4.69) is 31.9 Å². The molecule has 0 unspecified atom stereocenters. The molecule has 5 atom stereocenters. The maximum absolute atomic E-state index is 13.0. The van der Waals surface area contributed by atoms with E-state index in [9.17, 15) is 4.79 Å². The number of thioether (sulfide) groups is 1. The van der Waals surface area contributed by atoms with E-state index in [1.165, 1.54) is 50.3 Å². The Morgan fingerprint density at radius 3 is 2.77 bits per heavy atom. The van der Waals surface area contributed by atoms with Crippen molar-refractivity contribution in [2.75, 3.05) is 18.0 Å². The Balaban J connectivity index is 1.26. The number of nitrogens with one attached hydrogen (secondary N) is 1. The molecule has 5 rings (SSSR count). The second kappa shape index (κ2) is 8.88. The highest BCUT2D eigenvalue weighted by Crippen LogP contribution is 2.49. The molecule has 3 heterocycles. The molecule has 31 heavy (non-hydrogen) atoms. The molecule has 8 heteroatoms. The Hall–Kier alpha value is -1.96. The summed E-state index contributed by atoms with van der Waals surface area (Å²) in [6, 6.07) is 4.11. The summed E-state index contributed by atoms with van der Waals surface area (Å²) in [6.45, 7) is 6.72. The molecule has 2 bridgehead atoms. The number of hydrogen-bond donors (Lipinski definition) is 1. The van der Waals surface area contributed by atoms with Crippen molar-refractivity contribution < 1.29 is 9.21 Å². The van der Waals surface area contributed by atoms with Crippen molar-refractivity contribution >= 4 is 23.6 Å². The first-order valence-corrected chi connectivity index (χ1v) is 12.6. The zero-order chi connectivity index (χ0) is 21.4. The molecule has 1 amide bonds. The summed E-state index contributed by atoms with van der Waals surface area (Å²) < 4.78 is 7.68. The fraction of sp³-hybridized carbons (Fsp3) is 0.696. The molecule has 2 aliphatic carbocycles. The van der Waals surface area contributed by atoms with Gasteiger partial charge in [0.2, 0.25) is 11.9 Å². The van der Waals surface area contributed by atoms with Crippen LogP contribution in [0.2, 0.25) is 0 Å². The van der Waals surface area contributed by atoms with Crippen LogP contribution in [0.5, 0.6) is 0 Å². The topological polar surface area (TPSA) is 76.2 Å².